The monoisotopic (exact) mass is 1380 g/mol. The van der Waals surface area contributed by atoms with E-state index in [0.29, 0.717) is 79.8 Å². The van der Waals surface area contributed by atoms with Crippen LogP contribution in [-0.2, 0) is 79.1 Å². The average Bonchev–Trinajstić information content (AvgIpc) is 1.07. The Morgan fingerprint density at radius 3 is 1.33 bits per heavy atom. The number of anilines is 2. The molecule has 29 nitrogen and oxygen atoms in total. The van der Waals surface area contributed by atoms with Crippen molar-refractivity contribution in [3.63, 3.8) is 0 Å². The molecule has 0 saturated carbocycles. The van der Waals surface area contributed by atoms with Gasteiger partial charge < -0.3 is 79.1 Å². The lowest BCUT2D eigenvalue weighted by Gasteiger charge is -2.34. The number of unbranched alkanes of at least 4 members (excludes halogenated alkanes) is 4. The number of nitrogens with one attached hydrogen (secondary N) is 9. The second kappa shape index (κ2) is 46.0. The predicted octanol–water partition coefficient (Wildman–Crippen LogP) is 5.08. The number of nitrogens with two attached hydrogens (primary N) is 1. The van der Waals surface area contributed by atoms with Crippen LogP contribution in [0.4, 0.5) is 11.4 Å². The van der Waals surface area contributed by atoms with Crippen LogP contribution in [0.3, 0.4) is 0 Å². The molecule has 3 aromatic carbocycles. The Morgan fingerprint density at radius 2 is 0.892 bits per heavy atom. The maximum Gasteiger partial charge on any atom is 0.251 e. The summed E-state index contributed by atoms with van der Waals surface area (Å²) in [5, 5.41) is 19.1. The lowest BCUT2D eigenvalue weighted by molar-refractivity contribution is -0.195. The SMILES string of the molecule is [CH2-]P(=O)(OCCCCCCNC(=O)CCCC(=O)NC(COCCC(=O)NCCCCC(=O)c1ccc(SOON)cc1)(COCCC(=O)NCCCNC(=O)c1ccc(NS(=O)[O-])cc1)COCCC(=O)NCCCNC(=O)c1ccc(NS(=O)[O-])cc1)C(C)(C)C. The van der Waals surface area contributed by atoms with Crippen LogP contribution < -0.4 is 52.6 Å². The molecule has 0 heterocycles. The van der Waals surface area contributed by atoms with Crippen LogP contribution in [0.2, 0.25) is 0 Å². The minimum Gasteiger partial charge on any atom is -0.755 e. The molecule has 0 bridgehead atoms. The van der Waals surface area contributed by atoms with Gasteiger partial charge in [-0.25, -0.2) is 0 Å². The van der Waals surface area contributed by atoms with Crippen molar-refractivity contribution >= 4 is 100 Å². The molecule has 93 heavy (non-hydrogen) atoms. The molecule has 0 fully saturated rings. The zero-order valence-corrected chi connectivity index (χ0v) is 56.3. The number of carbonyl (C=O) groups excluding carboxylic acids is 8. The highest BCUT2D eigenvalue weighted by atomic mass is 32.2. The third kappa shape index (κ3) is 36.8. The van der Waals surface area contributed by atoms with E-state index >= 15 is 0 Å². The maximum atomic E-state index is 13.8. The van der Waals surface area contributed by atoms with Crippen molar-refractivity contribution in [1.82, 2.24) is 37.2 Å². The fourth-order valence-corrected chi connectivity index (χ4v) is 10.0. The van der Waals surface area contributed by atoms with Crippen LogP contribution in [0.5, 0.6) is 0 Å². The standard InChI is InChI=1S/C60H92N10O19PS3/c1-59(2,3)90(4,79)87-38-10-6-5-8-32-62-52(72)15-11-16-56(76)68-60(42-84-39-29-53(73)63-33-9-7-14-51(71)45-21-27-50(28-22-45)91-89-88-61,43-85-40-30-54(74)64-34-12-36-66-57(77)46-17-23-48(24-18-46)69-92(80)81)44-86-41-31-55(75)65-35-13-37-67-58(78)47-19-25-49(26-20-47)70-93(82)83/h17-28,69-70H,4-16,29-44,61H2,1-3H3,(H,62,72)(H,63,73)(H,64,74)(H,65,75)(H,66,77)(H,67,78)(H,68,76)(H,80,81)(H,82,83)/q-1/p-2. The molecule has 0 aliphatic carbocycles. The van der Waals surface area contributed by atoms with Gasteiger partial charge in [-0.05, 0) is 106 Å². The molecular weight excluding hydrogens is 1290 g/mol. The van der Waals surface area contributed by atoms with Crippen molar-refractivity contribution in [2.45, 2.75) is 133 Å². The molecule has 0 saturated heterocycles. The van der Waals surface area contributed by atoms with Gasteiger partial charge in [0.1, 0.15) is 5.54 Å². The number of hydrogen-bond acceptors (Lipinski definition) is 21. The first kappa shape index (κ1) is 81.0. The van der Waals surface area contributed by atoms with E-state index in [2.05, 4.69) is 62.6 Å². The summed E-state index contributed by atoms with van der Waals surface area (Å²) in [4.78, 5) is 108. The summed E-state index contributed by atoms with van der Waals surface area (Å²) in [7, 11) is -3.00. The third-order valence-electron chi connectivity index (χ3n) is 13.6. The molecule has 33 heteroatoms. The summed E-state index contributed by atoms with van der Waals surface area (Å²) < 4.78 is 88.9. The van der Waals surface area contributed by atoms with E-state index in [9.17, 15) is 60.4 Å². The van der Waals surface area contributed by atoms with Gasteiger partial charge in [-0.1, -0.05) is 45.7 Å². The molecule has 11 N–H and O–H groups in total. The molecule has 3 aromatic rings. The van der Waals surface area contributed by atoms with Crippen molar-refractivity contribution in [2.24, 2.45) is 5.90 Å². The van der Waals surface area contributed by atoms with Crippen LogP contribution in [-0.4, -0.2) is 161 Å². The van der Waals surface area contributed by atoms with Gasteiger partial charge in [0, 0.05) is 138 Å². The van der Waals surface area contributed by atoms with Crippen LogP contribution in [0, 0.1) is 6.66 Å². The normalized spacial score (nSPS) is 13.2. The fraction of sp³-hybridized carbons (Fsp3) is 0.550. The highest BCUT2D eigenvalue weighted by Gasteiger charge is 2.34. The van der Waals surface area contributed by atoms with E-state index in [1.165, 1.54) is 48.5 Å². The van der Waals surface area contributed by atoms with E-state index in [4.69, 9.17) is 24.6 Å². The molecule has 7 amide bonds. The van der Waals surface area contributed by atoms with Gasteiger partial charge in [0.15, 0.2) is 5.78 Å². The zero-order valence-electron chi connectivity index (χ0n) is 52.9. The highest BCUT2D eigenvalue weighted by molar-refractivity contribution is 7.94. The topological polar surface area (TPSA) is 424 Å². The molecule has 520 valence electrons. The predicted molar refractivity (Wildman–Crippen MR) is 349 cm³/mol. The van der Waals surface area contributed by atoms with Crippen molar-refractivity contribution in [3.8, 4) is 0 Å². The Labute approximate surface area is 553 Å². The number of ketones is 1. The first-order valence-corrected chi connectivity index (χ1v) is 35.1. The zero-order chi connectivity index (χ0) is 68.3. The second-order valence-corrected chi connectivity index (χ2v) is 27.3. The van der Waals surface area contributed by atoms with Crippen molar-refractivity contribution in [1.29, 1.82) is 0 Å². The van der Waals surface area contributed by atoms with Gasteiger partial charge in [0.05, 0.1) is 65.7 Å². The summed E-state index contributed by atoms with van der Waals surface area (Å²) in [5.74, 6) is 2.16. The lowest BCUT2D eigenvalue weighted by atomic mass is 10.0. The number of benzene rings is 3. The Balaban J connectivity index is 1.61. The van der Waals surface area contributed by atoms with E-state index in [1.807, 2.05) is 20.8 Å². The van der Waals surface area contributed by atoms with Gasteiger partial charge in [-0.15, -0.1) is 9.32 Å². The summed E-state index contributed by atoms with van der Waals surface area (Å²) in [6, 6.07) is 18.3. The Bertz CT molecular complexity index is 2780. The van der Waals surface area contributed by atoms with E-state index in [-0.39, 0.29) is 152 Å². The van der Waals surface area contributed by atoms with Crippen LogP contribution >= 0.6 is 19.4 Å². The number of Topliss-reactive ketones (excluding diaryl/α,β-unsaturated/α-hetero) is 1. The van der Waals surface area contributed by atoms with Crippen molar-refractivity contribution in [3.05, 3.63) is 96.2 Å². The summed E-state index contributed by atoms with van der Waals surface area (Å²) >= 11 is -4.14. The quantitative estimate of drug-likeness (QED) is 0.00515. The Hall–Kier alpha value is -6.26. The molecule has 0 aliphatic heterocycles. The number of rotatable bonds is 51. The van der Waals surface area contributed by atoms with Gasteiger partial charge in [0.25, 0.3) is 11.8 Å². The number of ether oxygens (including phenoxy) is 3. The molecule has 0 radical (unpaired) electrons. The number of hydrogen-bond donors (Lipinski definition) is 10. The summed E-state index contributed by atoms with van der Waals surface area (Å²) in [6.45, 7) is 9.92. The molecular formula is C60H90N10O19PS3-3. The summed E-state index contributed by atoms with van der Waals surface area (Å²) in [6.07, 6.45) is 4.82. The number of carbonyl (C=O) groups is 8. The Morgan fingerprint density at radius 1 is 0.495 bits per heavy atom. The minimum atomic E-state index is -3.00. The smallest absolute Gasteiger partial charge is 0.251 e. The second-order valence-electron chi connectivity index (χ2n) is 22.3. The van der Waals surface area contributed by atoms with E-state index < -0.39 is 58.3 Å². The van der Waals surface area contributed by atoms with Gasteiger partial charge >= 0.3 is 0 Å². The lowest BCUT2D eigenvalue weighted by Crippen LogP contribution is -2.58. The summed E-state index contributed by atoms with van der Waals surface area (Å²) in [5.41, 5.74) is 0.231. The highest BCUT2D eigenvalue weighted by Crippen LogP contribution is 2.57. The third-order valence-corrected chi connectivity index (χ3v) is 17.7. The first-order chi connectivity index (χ1) is 44.4. The molecule has 3 atom stereocenters. The number of amides is 7. The Kier molecular flexibility index (Phi) is 40.0. The van der Waals surface area contributed by atoms with E-state index in [1.54, 1.807) is 24.3 Å². The molecule has 0 aliphatic rings. The van der Waals surface area contributed by atoms with E-state index in [0.717, 1.165) is 24.9 Å². The minimum absolute atomic E-state index is 0.0372. The molecule has 3 rings (SSSR count). The fourth-order valence-electron chi connectivity index (χ4n) is 8.22. The maximum absolute atomic E-state index is 13.8. The molecule has 0 aromatic heterocycles. The van der Waals surface area contributed by atoms with Crippen LogP contribution in [0.1, 0.15) is 148 Å². The van der Waals surface area contributed by atoms with Crippen LogP contribution in [0.15, 0.2) is 77.7 Å². The van der Waals surface area contributed by atoms with Crippen molar-refractivity contribution in [2.75, 3.05) is 95.0 Å². The van der Waals surface area contributed by atoms with Gasteiger partial charge in [-0.3, -0.25) is 53.4 Å². The molecule has 0 spiro atoms. The van der Waals surface area contributed by atoms with Crippen LogP contribution in [0.25, 0.3) is 0 Å². The van der Waals surface area contributed by atoms with Gasteiger partial charge in [0.2, 0.25) is 29.5 Å². The van der Waals surface area contributed by atoms with Crippen molar-refractivity contribution < 1.29 is 88.5 Å². The largest absolute Gasteiger partial charge is 0.755 e. The molecule has 3 unspecified atom stereocenters. The van der Waals surface area contributed by atoms with Gasteiger partial charge in [-0.2, -0.15) is 5.90 Å². The first-order valence-electron chi connectivity index (χ1n) is 30.4. The average molecular weight is 1380 g/mol.